The Morgan fingerprint density at radius 2 is 2.35 bits per heavy atom. The number of fused-ring (bicyclic) bond motifs is 1. The van der Waals surface area contributed by atoms with E-state index in [1.54, 1.807) is 4.57 Å². The largest absolute Gasteiger partial charge is 0.396 e. The molecule has 0 bridgehead atoms. The quantitative estimate of drug-likeness (QED) is 0.573. The van der Waals surface area contributed by atoms with E-state index in [1.807, 2.05) is 0 Å². The molecule has 0 amide bonds. The van der Waals surface area contributed by atoms with Gasteiger partial charge in [0, 0.05) is 18.6 Å². The van der Waals surface area contributed by atoms with E-state index in [0.29, 0.717) is 12.2 Å². The fourth-order valence-electron chi connectivity index (χ4n) is 2.93. The first-order valence-electron chi connectivity index (χ1n) is 6.52. The Morgan fingerprint density at radius 1 is 1.55 bits per heavy atom. The number of aliphatic hydroxyl groups is 2. The number of anilines is 1. The van der Waals surface area contributed by atoms with Gasteiger partial charge < -0.3 is 20.5 Å². The minimum Gasteiger partial charge on any atom is -0.396 e. The number of nitrogens with two attached hydrogens (primary N) is 1. The van der Waals surface area contributed by atoms with Crippen LogP contribution in [0.15, 0.2) is 11.1 Å². The molecule has 2 heterocycles. The maximum absolute atomic E-state index is 11.7. The van der Waals surface area contributed by atoms with Gasteiger partial charge in [0.15, 0.2) is 11.2 Å². The minimum atomic E-state index is -0.378. The monoisotopic (exact) mass is 279 g/mol. The first-order valence-corrected chi connectivity index (χ1v) is 6.52. The number of nitrogens with one attached hydrogen (secondary N) is 1. The van der Waals surface area contributed by atoms with Crippen molar-refractivity contribution in [2.45, 2.75) is 19.4 Å². The van der Waals surface area contributed by atoms with Crippen molar-refractivity contribution >= 4 is 17.1 Å². The van der Waals surface area contributed by atoms with Crippen LogP contribution in [-0.2, 0) is 6.54 Å². The van der Waals surface area contributed by atoms with Gasteiger partial charge in [0.05, 0.1) is 12.9 Å². The molecule has 2 aromatic heterocycles. The summed E-state index contributed by atoms with van der Waals surface area (Å²) in [4.78, 5) is 22.3. The van der Waals surface area contributed by atoms with E-state index in [1.165, 1.54) is 6.33 Å². The number of hydrogen-bond donors (Lipinski definition) is 4. The smallest absolute Gasteiger partial charge is 0.280 e. The number of H-pyrrole nitrogens is 1. The van der Waals surface area contributed by atoms with E-state index in [4.69, 9.17) is 5.73 Å². The Balaban J connectivity index is 2.01. The van der Waals surface area contributed by atoms with Gasteiger partial charge in [-0.3, -0.25) is 9.78 Å². The lowest BCUT2D eigenvalue weighted by atomic mass is 9.60. The molecule has 1 aliphatic carbocycles. The second-order valence-corrected chi connectivity index (χ2v) is 5.43. The molecular weight excluding hydrogens is 262 g/mol. The van der Waals surface area contributed by atoms with Crippen LogP contribution in [0, 0.1) is 11.3 Å². The minimum absolute atomic E-state index is 0.0173. The first kappa shape index (κ1) is 13.1. The van der Waals surface area contributed by atoms with E-state index < -0.39 is 0 Å². The molecule has 0 saturated heterocycles. The third-order valence-corrected chi connectivity index (χ3v) is 4.37. The Bertz CT molecular complexity index is 688. The maximum Gasteiger partial charge on any atom is 0.280 e. The zero-order valence-electron chi connectivity index (χ0n) is 10.9. The van der Waals surface area contributed by atoms with Crippen LogP contribution in [0.5, 0.6) is 0 Å². The summed E-state index contributed by atoms with van der Waals surface area (Å²) in [5.41, 5.74) is 5.43. The van der Waals surface area contributed by atoms with E-state index in [9.17, 15) is 15.0 Å². The van der Waals surface area contributed by atoms with Crippen LogP contribution in [0.4, 0.5) is 5.95 Å². The van der Waals surface area contributed by atoms with Gasteiger partial charge in [-0.1, -0.05) is 0 Å². The lowest BCUT2D eigenvalue weighted by molar-refractivity contribution is -0.0651. The number of nitrogen functional groups attached to an aromatic ring is 1. The van der Waals surface area contributed by atoms with Crippen LogP contribution >= 0.6 is 0 Å². The topological polar surface area (TPSA) is 130 Å². The summed E-state index contributed by atoms with van der Waals surface area (Å²) in [6.07, 6.45) is 3.24. The summed E-state index contributed by atoms with van der Waals surface area (Å²) in [7, 11) is 0. The molecule has 5 N–H and O–H groups in total. The van der Waals surface area contributed by atoms with Gasteiger partial charge >= 0.3 is 0 Å². The van der Waals surface area contributed by atoms with Crippen LogP contribution in [-0.4, -0.2) is 42.9 Å². The van der Waals surface area contributed by atoms with Crippen LogP contribution in [0.3, 0.4) is 0 Å². The van der Waals surface area contributed by atoms with Gasteiger partial charge in [-0.15, -0.1) is 0 Å². The Morgan fingerprint density at radius 3 is 2.95 bits per heavy atom. The van der Waals surface area contributed by atoms with E-state index in [0.717, 1.165) is 12.8 Å². The van der Waals surface area contributed by atoms with Gasteiger partial charge in [-0.25, -0.2) is 4.98 Å². The molecule has 0 aliphatic heterocycles. The summed E-state index contributed by atoms with van der Waals surface area (Å²) in [5.74, 6) is 0.0962. The highest BCUT2D eigenvalue weighted by Gasteiger charge is 2.46. The summed E-state index contributed by atoms with van der Waals surface area (Å²) < 4.78 is 1.72. The van der Waals surface area contributed by atoms with Gasteiger partial charge in [0.2, 0.25) is 5.95 Å². The van der Waals surface area contributed by atoms with Crippen LogP contribution in [0.2, 0.25) is 0 Å². The van der Waals surface area contributed by atoms with Crippen molar-refractivity contribution in [1.82, 2.24) is 19.5 Å². The van der Waals surface area contributed by atoms with Crippen molar-refractivity contribution in [3.05, 3.63) is 16.7 Å². The summed E-state index contributed by atoms with van der Waals surface area (Å²) in [6, 6.07) is 0. The third-order valence-electron chi connectivity index (χ3n) is 4.37. The number of rotatable bonds is 4. The van der Waals surface area contributed by atoms with E-state index in [2.05, 4.69) is 15.0 Å². The van der Waals surface area contributed by atoms with Crippen molar-refractivity contribution in [1.29, 1.82) is 0 Å². The standard InChI is InChI=1S/C12H17N5O3/c13-11-15-9-8(10(20)16-11)14-6-17(9)4-12(5-19)2-1-7(12)3-18/h6-7,18-19H,1-5H2,(H3,13,15,16,20)/t7-,12+/m1/s1. The third kappa shape index (κ3) is 1.80. The average Bonchev–Trinajstić information content (AvgIpc) is 2.78. The molecule has 0 radical (unpaired) electrons. The number of nitrogens with zero attached hydrogens (tertiary/aromatic N) is 3. The van der Waals surface area contributed by atoms with Crippen molar-refractivity contribution in [3.8, 4) is 0 Å². The van der Waals surface area contributed by atoms with Gasteiger partial charge in [-0.2, -0.15) is 4.98 Å². The lowest BCUT2D eigenvalue weighted by Gasteiger charge is -2.48. The molecule has 20 heavy (non-hydrogen) atoms. The van der Waals surface area contributed by atoms with Crippen molar-refractivity contribution < 1.29 is 10.2 Å². The number of hydrogen-bond acceptors (Lipinski definition) is 6. The van der Waals surface area contributed by atoms with Gasteiger partial charge in [-0.05, 0) is 18.8 Å². The maximum atomic E-state index is 11.7. The highest BCUT2D eigenvalue weighted by Crippen LogP contribution is 2.47. The second kappa shape index (κ2) is 4.57. The van der Waals surface area contributed by atoms with Crippen LogP contribution in [0.1, 0.15) is 12.8 Å². The summed E-state index contributed by atoms with van der Waals surface area (Å²) in [5, 5.41) is 19.0. The predicted octanol–water partition coefficient (Wildman–Crippen LogP) is -0.917. The normalized spacial score (nSPS) is 25.8. The van der Waals surface area contributed by atoms with Crippen molar-refractivity contribution in [2.75, 3.05) is 18.9 Å². The molecule has 2 aromatic rings. The molecule has 0 spiro atoms. The molecule has 8 nitrogen and oxygen atoms in total. The zero-order chi connectivity index (χ0) is 14.3. The summed E-state index contributed by atoms with van der Waals surface area (Å²) >= 11 is 0. The Hall–Kier alpha value is -1.93. The van der Waals surface area contributed by atoms with Gasteiger partial charge in [0.1, 0.15) is 0 Å². The number of imidazole rings is 1. The van der Waals surface area contributed by atoms with E-state index in [-0.39, 0.29) is 41.6 Å². The van der Waals surface area contributed by atoms with Crippen molar-refractivity contribution in [2.24, 2.45) is 11.3 Å². The average molecular weight is 279 g/mol. The summed E-state index contributed by atoms with van der Waals surface area (Å²) in [6.45, 7) is 0.487. The van der Waals surface area contributed by atoms with Crippen LogP contribution in [0.25, 0.3) is 11.2 Å². The fourth-order valence-corrected chi connectivity index (χ4v) is 2.93. The highest BCUT2D eigenvalue weighted by molar-refractivity contribution is 5.70. The zero-order valence-corrected chi connectivity index (χ0v) is 10.9. The Labute approximate surface area is 114 Å². The second-order valence-electron chi connectivity index (χ2n) is 5.43. The molecule has 3 rings (SSSR count). The number of aliphatic hydroxyl groups excluding tert-OH is 2. The molecular formula is C12H17N5O3. The lowest BCUT2D eigenvalue weighted by Crippen LogP contribution is -2.48. The van der Waals surface area contributed by atoms with Crippen molar-refractivity contribution in [3.63, 3.8) is 0 Å². The molecule has 1 saturated carbocycles. The molecule has 0 aromatic carbocycles. The molecule has 8 heteroatoms. The molecule has 108 valence electrons. The first-order chi connectivity index (χ1) is 9.59. The van der Waals surface area contributed by atoms with E-state index >= 15 is 0 Å². The highest BCUT2D eigenvalue weighted by atomic mass is 16.3. The van der Waals surface area contributed by atoms with Gasteiger partial charge in [0.25, 0.3) is 5.56 Å². The SMILES string of the molecule is Nc1nc2c(ncn2C[C@]2(CO)CC[C@@H]2CO)c(=O)[nH]1. The molecule has 1 fully saturated rings. The molecule has 2 atom stereocenters. The molecule has 1 aliphatic rings. The fraction of sp³-hybridized carbons (Fsp3) is 0.583. The predicted molar refractivity (Wildman–Crippen MR) is 71.9 cm³/mol. The molecule has 0 unspecified atom stereocenters. The van der Waals surface area contributed by atoms with Crippen LogP contribution < -0.4 is 11.3 Å². The Kier molecular flexibility index (Phi) is 2.98. The number of aromatic amines is 1. The number of aromatic nitrogens is 4.